The van der Waals surface area contributed by atoms with Crippen LogP contribution in [0.5, 0.6) is 11.5 Å². The van der Waals surface area contributed by atoms with Crippen LogP contribution in [0.3, 0.4) is 0 Å². The van der Waals surface area contributed by atoms with Gasteiger partial charge in [-0.3, -0.25) is 0 Å². The first-order chi connectivity index (χ1) is 9.61. The van der Waals surface area contributed by atoms with Gasteiger partial charge in [0.05, 0.1) is 7.11 Å². The largest absolute Gasteiger partial charge is 0.504 e. The number of halogens is 1. The highest BCUT2D eigenvalue weighted by Gasteiger charge is 2.09. The Morgan fingerprint density at radius 1 is 1.25 bits per heavy atom. The molecule has 0 saturated heterocycles. The molecule has 0 radical (unpaired) electrons. The summed E-state index contributed by atoms with van der Waals surface area (Å²) in [6, 6.07) is 13.8. The number of nitrogens with one attached hydrogen (secondary N) is 1. The second-order valence-electron chi connectivity index (χ2n) is 4.63. The molecule has 1 unspecified atom stereocenters. The molecule has 0 bridgehead atoms. The summed E-state index contributed by atoms with van der Waals surface area (Å²) in [6.07, 6.45) is 0. The Hall–Kier alpha value is -1.52. The van der Waals surface area contributed by atoms with Crippen LogP contribution in [0.2, 0.25) is 0 Å². The van der Waals surface area contributed by atoms with E-state index in [1.165, 1.54) is 5.56 Å². The molecule has 2 aromatic rings. The molecule has 0 spiro atoms. The van der Waals surface area contributed by atoms with Crippen molar-refractivity contribution >= 4 is 15.9 Å². The second-order valence-corrected chi connectivity index (χ2v) is 5.48. The zero-order chi connectivity index (χ0) is 14.5. The van der Waals surface area contributed by atoms with Crippen LogP contribution in [0.4, 0.5) is 0 Å². The minimum Gasteiger partial charge on any atom is -0.504 e. The minimum atomic E-state index is 0.162. The summed E-state index contributed by atoms with van der Waals surface area (Å²) in [6.45, 7) is 2.83. The van der Waals surface area contributed by atoms with Gasteiger partial charge in [0, 0.05) is 17.1 Å². The van der Waals surface area contributed by atoms with E-state index in [0.29, 0.717) is 12.3 Å². The van der Waals surface area contributed by atoms with E-state index in [-0.39, 0.29) is 11.8 Å². The molecule has 4 heteroatoms. The Labute approximate surface area is 127 Å². The number of phenolic OH excluding ortho intramolecular Hbond substituents is 1. The molecule has 1 atom stereocenters. The standard InChI is InChI=1S/C16H18BrNO2/c1-11(13-5-3-4-6-14(13)17)18-10-12-7-8-15(19)16(9-12)20-2/h3-9,11,18-19H,10H2,1-2H3. The lowest BCUT2D eigenvalue weighted by molar-refractivity contribution is 0.372. The van der Waals surface area contributed by atoms with Gasteiger partial charge in [-0.1, -0.05) is 40.2 Å². The SMILES string of the molecule is COc1cc(CNC(C)c2ccccc2Br)ccc1O. The Bertz CT molecular complexity index is 586. The first-order valence-corrected chi connectivity index (χ1v) is 7.25. The van der Waals surface area contributed by atoms with E-state index in [1.807, 2.05) is 30.3 Å². The third kappa shape index (κ3) is 3.52. The summed E-state index contributed by atoms with van der Waals surface area (Å²) < 4.78 is 6.21. The van der Waals surface area contributed by atoms with Crippen molar-refractivity contribution < 1.29 is 9.84 Å². The van der Waals surface area contributed by atoms with Gasteiger partial charge in [0.1, 0.15) is 0 Å². The fraction of sp³-hybridized carbons (Fsp3) is 0.250. The third-order valence-electron chi connectivity index (χ3n) is 3.23. The number of hydrogen-bond acceptors (Lipinski definition) is 3. The predicted molar refractivity (Wildman–Crippen MR) is 84.1 cm³/mol. The molecule has 0 aliphatic rings. The lowest BCUT2D eigenvalue weighted by Crippen LogP contribution is -2.18. The van der Waals surface area contributed by atoms with Gasteiger partial charge in [-0.05, 0) is 36.2 Å². The van der Waals surface area contributed by atoms with Crippen molar-refractivity contribution in [1.29, 1.82) is 0 Å². The van der Waals surface area contributed by atoms with Crippen LogP contribution in [0.15, 0.2) is 46.9 Å². The van der Waals surface area contributed by atoms with Crippen molar-refractivity contribution in [2.45, 2.75) is 19.5 Å². The lowest BCUT2D eigenvalue weighted by Gasteiger charge is -2.16. The Morgan fingerprint density at radius 3 is 2.70 bits per heavy atom. The van der Waals surface area contributed by atoms with E-state index in [2.05, 4.69) is 34.2 Å². The molecule has 2 aromatic carbocycles. The number of benzene rings is 2. The van der Waals surface area contributed by atoms with Crippen LogP contribution in [0.25, 0.3) is 0 Å². The van der Waals surface area contributed by atoms with Gasteiger partial charge in [0.25, 0.3) is 0 Å². The van der Waals surface area contributed by atoms with Crippen molar-refractivity contribution in [3.05, 3.63) is 58.1 Å². The van der Waals surface area contributed by atoms with E-state index in [4.69, 9.17) is 4.74 Å². The predicted octanol–water partition coefficient (Wildman–Crippen LogP) is 4.01. The van der Waals surface area contributed by atoms with Gasteiger partial charge < -0.3 is 15.2 Å². The first kappa shape index (κ1) is 14.9. The molecule has 0 saturated carbocycles. The summed E-state index contributed by atoms with van der Waals surface area (Å²) in [5, 5.41) is 13.0. The third-order valence-corrected chi connectivity index (χ3v) is 3.95. The number of phenols is 1. The van der Waals surface area contributed by atoms with E-state index in [1.54, 1.807) is 13.2 Å². The molecular weight excluding hydrogens is 318 g/mol. The molecule has 0 fully saturated rings. The summed E-state index contributed by atoms with van der Waals surface area (Å²) in [5.41, 5.74) is 2.29. The average molecular weight is 336 g/mol. The van der Waals surface area contributed by atoms with Gasteiger partial charge in [-0.15, -0.1) is 0 Å². The molecule has 0 heterocycles. The van der Waals surface area contributed by atoms with Crippen molar-refractivity contribution in [1.82, 2.24) is 5.32 Å². The highest BCUT2D eigenvalue weighted by molar-refractivity contribution is 9.10. The molecule has 2 N–H and O–H groups in total. The average Bonchev–Trinajstić information content (AvgIpc) is 2.46. The van der Waals surface area contributed by atoms with Crippen LogP contribution >= 0.6 is 15.9 Å². The van der Waals surface area contributed by atoms with Crippen molar-refractivity contribution in [3.8, 4) is 11.5 Å². The number of aromatic hydroxyl groups is 1. The lowest BCUT2D eigenvalue weighted by atomic mass is 10.1. The molecular formula is C16H18BrNO2. The van der Waals surface area contributed by atoms with Crippen molar-refractivity contribution in [2.75, 3.05) is 7.11 Å². The van der Waals surface area contributed by atoms with Crippen LogP contribution in [0.1, 0.15) is 24.1 Å². The minimum absolute atomic E-state index is 0.162. The quantitative estimate of drug-likeness (QED) is 0.867. The van der Waals surface area contributed by atoms with Crippen molar-refractivity contribution in [3.63, 3.8) is 0 Å². The van der Waals surface area contributed by atoms with Gasteiger partial charge in [0.15, 0.2) is 11.5 Å². The molecule has 106 valence electrons. The fourth-order valence-corrected chi connectivity index (χ4v) is 2.67. The van der Waals surface area contributed by atoms with E-state index >= 15 is 0 Å². The Morgan fingerprint density at radius 2 is 2.00 bits per heavy atom. The second kappa shape index (κ2) is 6.77. The fourth-order valence-electron chi connectivity index (χ4n) is 2.04. The summed E-state index contributed by atoms with van der Waals surface area (Å²) in [5.74, 6) is 0.660. The van der Waals surface area contributed by atoms with E-state index < -0.39 is 0 Å². The topological polar surface area (TPSA) is 41.5 Å². The van der Waals surface area contributed by atoms with Gasteiger partial charge >= 0.3 is 0 Å². The molecule has 2 rings (SSSR count). The van der Waals surface area contributed by atoms with Crippen LogP contribution in [0, 0.1) is 0 Å². The monoisotopic (exact) mass is 335 g/mol. The smallest absolute Gasteiger partial charge is 0.160 e. The maximum atomic E-state index is 9.58. The number of methoxy groups -OCH3 is 1. The highest BCUT2D eigenvalue weighted by Crippen LogP contribution is 2.27. The van der Waals surface area contributed by atoms with Crippen LogP contribution in [-0.4, -0.2) is 12.2 Å². The zero-order valence-electron chi connectivity index (χ0n) is 11.6. The molecule has 0 aliphatic heterocycles. The Kier molecular flexibility index (Phi) is 5.04. The molecule has 20 heavy (non-hydrogen) atoms. The van der Waals surface area contributed by atoms with Gasteiger partial charge in [-0.2, -0.15) is 0 Å². The van der Waals surface area contributed by atoms with E-state index in [9.17, 15) is 5.11 Å². The normalized spacial score (nSPS) is 12.2. The molecule has 0 amide bonds. The number of hydrogen-bond donors (Lipinski definition) is 2. The van der Waals surface area contributed by atoms with Crippen LogP contribution < -0.4 is 10.1 Å². The first-order valence-electron chi connectivity index (χ1n) is 6.45. The van der Waals surface area contributed by atoms with E-state index in [0.717, 1.165) is 10.0 Å². The number of ether oxygens (including phenoxy) is 1. The number of rotatable bonds is 5. The van der Waals surface area contributed by atoms with Gasteiger partial charge in [0.2, 0.25) is 0 Å². The molecule has 0 aromatic heterocycles. The highest BCUT2D eigenvalue weighted by atomic mass is 79.9. The molecule has 0 aliphatic carbocycles. The summed E-state index contributed by atoms with van der Waals surface area (Å²) in [7, 11) is 1.55. The Balaban J connectivity index is 2.03. The maximum Gasteiger partial charge on any atom is 0.160 e. The van der Waals surface area contributed by atoms with Gasteiger partial charge in [-0.25, -0.2) is 0 Å². The van der Waals surface area contributed by atoms with Crippen molar-refractivity contribution in [2.24, 2.45) is 0 Å². The zero-order valence-corrected chi connectivity index (χ0v) is 13.1. The summed E-state index contributed by atoms with van der Waals surface area (Å²) in [4.78, 5) is 0. The maximum absolute atomic E-state index is 9.58. The summed E-state index contributed by atoms with van der Waals surface area (Å²) >= 11 is 3.56. The molecule has 3 nitrogen and oxygen atoms in total. The van der Waals surface area contributed by atoms with Crippen LogP contribution in [-0.2, 0) is 6.54 Å².